The number of hydrogen-bond acceptors (Lipinski definition) is 6. The summed E-state index contributed by atoms with van der Waals surface area (Å²) < 4.78 is 7.98. The molecule has 2 aromatic rings. The lowest BCUT2D eigenvalue weighted by Gasteiger charge is -2.14. The van der Waals surface area contributed by atoms with Crippen molar-refractivity contribution < 1.29 is 9.84 Å². The van der Waals surface area contributed by atoms with Crippen molar-refractivity contribution in [3.63, 3.8) is 0 Å². The van der Waals surface area contributed by atoms with Crippen LogP contribution in [0.4, 0.5) is 5.95 Å². The second-order valence-electron chi connectivity index (χ2n) is 4.62. The highest BCUT2D eigenvalue weighted by Gasteiger charge is 2.34. The minimum atomic E-state index is -0.463. The average Bonchev–Trinajstić information content (AvgIpc) is 2.92. The maximum absolute atomic E-state index is 9.91. The molecule has 0 aromatic carbocycles. The molecule has 1 aliphatic heterocycles. The Balaban J connectivity index is 2.05. The van der Waals surface area contributed by atoms with Crippen molar-refractivity contribution >= 4 is 29.3 Å². The number of nitrogens with two attached hydrogens (primary N) is 1. The van der Waals surface area contributed by atoms with Gasteiger partial charge in [0.2, 0.25) is 0 Å². The Bertz CT molecular complexity index is 667. The summed E-state index contributed by atoms with van der Waals surface area (Å²) in [6.07, 6.45) is 2.04. The summed E-state index contributed by atoms with van der Waals surface area (Å²) in [7, 11) is 0. The molecular formula is C11H15N5O2S. The summed E-state index contributed by atoms with van der Waals surface area (Å²) in [5.74, 6) is 0.241. The van der Waals surface area contributed by atoms with Crippen molar-refractivity contribution in [2.45, 2.75) is 38.2 Å². The molecular weight excluding hydrogens is 266 g/mol. The van der Waals surface area contributed by atoms with Gasteiger partial charge in [0.15, 0.2) is 10.6 Å². The van der Waals surface area contributed by atoms with E-state index in [1.54, 1.807) is 6.33 Å². The highest BCUT2D eigenvalue weighted by Crippen LogP contribution is 2.32. The quantitative estimate of drug-likeness (QED) is 0.713. The highest BCUT2D eigenvalue weighted by atomic mass is 32.1. The maximum atomic E-state index is 9.91. The number of aromatic amines is 1. The minimum Gasteiger partial charge on any atom is -0.390 e. The van der Waals surface area contributed by atoms with Crippen molar-refractivity contribution in [2.75, 3.05) is 5.73 Å². The number of fused-ring (bicyclic) bond motifs is 1. The van der Waals surface area contributed by atoms with Crippen molar-refractivity contribution in [1.29, 1.82) is 0 Å². The van der Waals surface area contributed by atoms with Crippen LogP contribution >= 0.6 is 12.2 Å². The molecule has 0 amide bonds. The number of aliphatic hydroxyl groups is 1. The molecule has 1 fully saturated rings. The molecule has 3 rings (SSSR count). The van der Waals surface area contributed by atoms with Crippen LogP contribution in [-0.2, 0) is 4.74 Å². The summed E-state index contributed by atoms with van der Waals surface area (Å²) >= 11 is 5.12. The highest BCUT2D eigenvalue weighted by molar-refractivity contribution is 7.71. The van der Waals surface area contributed by atoms with E-state index in [0.29, 0.717) is 22.2 Å². The number of imidazole rings is 1. The predicted octanol–water partition coefficient (Wildman–Crippen LogP) is 1.13. The molecule has 102 valence electrons. The monoisotopic (exact) mass is 281 g/mol. The molecule has 1 saturated heterocycles. The molecule has 4 N–H and O–H groups in total. The molecule has 0 radical (unpaired) electrons. The first kappa shape index (κ1) is 12.5. The van der Waals surface area contributed by atoms with Gasteiger partial charge < -0.3 is 20.6 Å². The Morgan fingerprint density at radius 2 is 2.47 bits per heavy atom. The van der Waals surface area contributed by atoms with Crippen LogP contribution in [0.5, 0.6) is 0 Å². The van der Waals surface area contributed by atoms with Crippen LogP contribution in [0.1, 0.15) is 26.0 Å². The third-order valence-electron chi connectivity index (χ3n) is 3.38. The first-order valence-corrected chi connectivity index (χ1v) is 6.56. The molecule has 7 nitrogen and oxygen atoms in total. The van der Waals surface area contributed by atoms with Gasteiger partial charge in [-0.2, -0.15) is 0 Å². The van der Waals surface area contributed by atoms with Gasteiger partial charge >= 0.3 is 0 Å². The van der Waals surface area contributed by atoms with Crippen LogP contribution in [0.3, 0.4) is 0 Å². The Kier molecular flexibility index (Phi) is 3.00. The fourth-order valence-corrected chi connectivity index (χ4v) is 2.67. The smallest absolute Gasteiger partial charge is 0.200 e. The van der Waals surface area contributed by atoms with Gasteiger partial charge in [0.25, 0.3) is 0 Å². The van der Waals surface area contributed by atoms with Crippen molar-refractivity contribution in [1.82, 2.24) is 19.5 Å². The topological polar surface area (TPSA) is 102 Å². The molecule has 19 heavy (non-hydrogen) atoms. The third kappa shape index (κ3) is 2.01. The van der Waals surface area contributed by atoms with Gasteiger partial charge in [0.05, 0.1) is 18.5 Å². The summed E-state index contributed by atoms with van der Waals surface area (Å²) in [4.78, 5) is 11.1. The third-order valence-corrected chi connectivity index (χ3v) is 3.67. The number of hydrogen-bond donors (Lipinski definition) is 3. The zero-order valence-electron chi connectivity index (χ0n) is 10.4. The van der Waals surface area contributed by atoms with E-state index in [2.05, 4.69) is 15.0 Å². The number of aromatic nitrogens is 4. The van der Waals surface area contributed by atoms with E-state index >= 15 is 0 Å². The molecule has 2 aromatic heterocycles. The van der Waals surface area contributed by atoms with E-state index in [1.165, 1.54) is 0 Å². The summed E-state index contributed by atoms with van der Waals surface area (Å²) in [6.45, 7) is 1.98. The molecule has 0 saturated carbocycles. The predicted molar refractivity (Wildman–Crippen MR) is 71.9 cm³/mol. The minimum absolute atomic E-state index is 0.149. The number of anilines is 1. The van der Waals surface area contributed by atoms with Gasteiger partial charge in [-0.25, -0.2) is 9.97 Å². The second kappa shape index (κ2) is 4.55. The SMILES string of the molecule is CCC1OC(n2cnc3c(=S)nc(N)[nH]c32)CC1O. The standard InChI is InChI=1S/C11H15N5O2S/c1-2-6-5(17)3-7(18-6)16-4-13-8-9(16)14-11(12)15-10(8)19/h4-7,17H,2-3H2,1H3,(H3,12,14,15,19). The molecule has 8 heteroatoms. The van der Waals surface area contributed by atoms with E-state index in [0.717, 1.165) is 6.42 Å². The molecule has 1 aliphatic rings. The maximum Gasteiger partial charge on any atom is 0.200 e. The number of aliphatic hydroxyl groups excluding tert-OH is 1. The lowest BCUT2D eigenvalue weighted by molar-refractivity contribution is -0.0183. The summed E-state index contributed by atoms with van der Waals surface area (Å²) in [5.41, 5.74) is 6.93. The number of rotatable bonds is 2. The largest absolute Gasteiger partial charge is 0.390 e. The lowest BCUT2D eigenvalue weighted by atomic mass is 10.1. The van der Waals surface area contributed by atoms with Crippen molar-refractivity contribution in [3.05, 3.63) is 11.0 Å². The molecule has 3 atom stereocenters. The summed E-state index contributed by atoms with van der Waals surface area (Å²) in [6, 6.07) is 0. The molecule has 3 heterocycles. The van der Waals surface area contributed by atoms with Gasteiger partial charge in [-0.15, -0.1) is 0 Å². The average molecular weight is 281 g/mol. The van der Waals surface area contributed by atoms with Gasteiger partial charge in [0, 0.05) is 6.42 Å². The Morgan fingerprint density at radius 1 is 1.68 bits per heavy atom. The van der Waals surface area contributed by atoms with Crippen molar-refractivity contribution in [3.8, 4) is 0 Å². The number of nitrogens with one attached hydrogen (secondary N) is 1. The van der Waals surface area contributed by atoms with Crippen LogP contribution in [0.15, 0.2) is 6.33 Å². The molecule has 3 unspecified atom stereocenters. The fraction of sp³-hybridized carbons (Fsp3) is 0.545. The number of ether oxygens (including phenoxy) is 1. The van der Waals surface area contributed by atoms with E-state index in [4.69, 9.17) is 22.7 Å². The Morgan fingerprint density at radius 3 is 3.16 bits per heavy atom. The lowest BCUT2D eigenvalue weighted by Crippen LogP contribution is -2.19. The van der Waals surface area contributed by atoms with Crippen LogP contribution in [0.2, 0.25) is 0 Å². The zero-order valence-corrected chi connectivity index (χ0v) is 11.2. The van der Waals surface area contributed by atoms with Crippen LogP contribution < -0.4 is 5.73 Å². The molecule has 0 bridgehead atoms. The van der Waals surface area contributed by atoms with Gasteiger partial charge in [-0.1, -0.05) is 19.1 Å². The van der Waals surface area contributed by atoms with Crippen LogP contribution in [0.25, 0.3) is 11.2 Å². The van der Waals surface area contributed by atoms with Crippen molar-refractivity contribution in [2.24, 2.45) is 0 Å². The second-order valence-corrected chi connectivity index (χ2v) is 5.00. The normalized spacial score (nSPS) is 27.2. The fourth-order valence-electron chi connectivity index (χ4n) is 2.43. The first-order valence-electron chi connectivity index (χ1n) is 6.16. The number of nitrogens with zero attached hydrogens (tertiary/aromatic N) is 3. The van der Waals surface area contributed by atoms with Gasteiger partial charge in [-0.3, -0.25) is 4.57 Å². The van der Waals surface area contributed by atoms with Crippen LogP contribution in [0, 0.1) is 4.64 Å². The Labute approximate surface area is 114 Å². The van der Waals surface area contributed by atoms with E-state index in [1.807, 2.05) is 11.5 Å². The zero-order chi connectivity index (χ0) is 13.6. The summed E-state index contributed by atoms with van der Waals surface area (Å²) in [5, 5.41) is 9.91. The van der Waals surface area contributed by atoms with E-state index < -0.39 is 6.10 Å². The van der Waals surface area contributed by atoms with Gasteiger partial charge in [-0.05, 0) is 6.42 Å². The molecule has 0 aliphatic carbocycles. The van der Waals surface area contributed by atoms with E-state index in [9.17, 15) is 5.11 Å². The van der Waals surface area contributed by atoms with Gasteiger partial charge in [0.1, 0.15) is 17.4 Å². The first-order chi connectivity index (χ1) is 9.10. The Hall–Kier alpha value is -1.51. The van der Waals surface area contributed by atoms with E-state index in [-0.39, 0.29) is 18.3 Å². The van der Waals surface area contributed by atoms with Crippen LogP contribution in [-0.4, -0.2) is 36.8 Å². The molecule has 0 spiro atoms. The number of H-pyrrole nitrogens is 1. The number of nitrogen functional groups attached to an aromatic ring is 1.